The molecule has 1 heterocycles. The smallest absolute Gasteiger partial charge is 0.0679 e. The van der Waals surface area contributed by atoms with E-state index >= 15 is 0 Å². The second-order valence-electron chi connectivity index (χ2n) is 5.80. The van der Waals surface area contributed by atoms with E-state index in [1.54, 1.807) is 0 Å². The molecular formula is C13H26N2O. The maximum absolute atomic E-state index is 9.57. The van der Waals surface area contributed by atoms with Crippen LogP contribution < -0.4 is 5.73 Å². The molecule has 0 aromatic rings. The third kappa shape index (κ3) is 2.96. The van der Waals surface area contributed by atoms with E-state index in [-0.39, 0.29) is 6.10 Å². The molecule has 0 aromatic carbocycles. The van der Waals surface area contributed by atoms with Gasteiger partial charge in [0.05, 0.1) is 6.10 Å². The zero-order valence-corrected chi connectivity index (χ0v) is 10.3. The molecular weight excluding hydrogens is 200 g/mol. The van der Waals surface area contributed by atoms with Crippen LogP contribution in [0, 0.1) is 5.41 Å². The van der Waals surface area contributed by atoms with Crippen LogP contribution in [0.2, 0.25) is 0 Å². The van der Waals surface area contributed by atoms with E-state index in [2.05, 4.69) is 4.90 Å². The van der Waals surface area contributed by atoms with Gasteiger partial charge in [-0.25, -0.2) is 0 Å². The quantitative estimate of drug-likeness (QED) is 0.714. The van der Waals surface area contributed by atoms with E-state index in [0.717, 1.165) is 32.6 Å². The Morgan fingerprint density at radius 1 is 1.19 bits per heavy atom. The Hall–Kier alpha value is -0.120. The molecule has 94 valence electrons. The van der Waals surface area contributed by atoms with Crippen molar-refractivity contribution in [2.45, 2.75) is 51.0 Å². The molecule has 1 saturated heterocycles. The first kappa shape index (κ1) is 12.3. The van der Waals surface area contributed by atoms with Crippen molar-refractivity contribution in [3.63, 3.8) is 0 Å². The Balaban J connectivity index is 1.92. The lowest BCUT2D eigenvalue weighted by atomic mass is 9.80. The molecule has 1 aliphatic heterocycles. The van der Waals surface area contributed by atoms with Crippen LogP contribution in [0.15, 0.2) is 0 Å². The molecule has 0 spiro atoms. The monoisotopic (exact) mass is 226 g/mol. The van der Waals surface area contributed by atoms with Gasteiger partial charge in [-0.3, -0.25) is 0 Å². The maximum atomic E-state index is 9.57. The van der Waals surface area contributed by atoms with Crippen molar-refractivity contribution in [3.8, 4) is 0 Å². The molecule has 0 amide bonds. The summed E-state index contributed by atoms with van der Waals surface area (Å²) < 4.78 is 0. The summed E-state index contributed by atoms with van der Waals surface area (Å²) in [6.45, 7) is 3.85. The van der Waals surface area contributed by atoms with Gasteiger partial charge in [0.15, 0.2) is 0 Å². The van der Waals surface area contributed by atoms with Gasteiger partial charge in [0.25, 0.3) is 0 Å². The molecule has 0 aromatic heterocycles. The fourth-order valence-corrected chi connectivity index (χ4v) is 3.34. The summed E-state index contributed by atoms with van der Waals surface area (Å²) in [5, 5.41) is 9.57. The summed E-state index contributed by atoms with van der Waals surface area (Å²) in [5.41, 5.74) is 6.38. The minimum atomic E-state index is -0.0967. The third-order valence-corrected chi connectivity index (χ3v) is 4.40. The van der Waals surface area contributed by atoms with Gasteiger partial charge in [0, 0.05) is 19.6 Å². The largest absolute Gasteiger partial charge is 0.392 e. The highest BCUT2D eigenvalue weighted by atomic mass is 16.3. The van der Waals surface area contributed by atoms with Crippen molar-refractivity contribution in [1.29, 1.82) is 0 Å². The van der Waals surface area contributed by atoms with Gasteiger partial charge >= 0.3 is 0 Å². The average molecular weight is 226 g/mol. The number of rotatable bonds is 3. The second kappa shape index (κ2) is 5.48. The molecule has 3 nitrogen and oxygen atoms in total. The van der Waals surface area contributed by atoms with Crippen LogP contribution in [-0.2, 0) is 0 Å². The summed E-state index contributed by atoms with van der Waals surface area (Å²) in [5.74, 6) is 0. The third-order valence-electron chi connectivity index (χ3n) is 4.40. The van der Waals surface area contributed by atoms with Gasteiger partial charge < -0.3 is 15.7 Å². The van der Waals surface area contributed by atoms with E-state index in [1.165, 1.54) is 38.5 Å². The summed E-state index contributed by atoms with van der Waals surface area (Å²) in [6, 6.07) is 0. The van der Waals surface area contributed by atoms with E-state index in [0.29, 0.717) is 5.41 Å². The lowest BCUT2D eigenvalue weighted by Crippen LogP contribution is -2.42. The van der Waals surface area contributed by atoms with Crippen LogP contribution in [0.1, 0.15) is 44.9 Å². The second-order valence-corrected chi connectivity index (χ2v) is 5.80. The molecule has 16 heavy (non-hydrogen) atoms. The Bertz CT molecular complexity index is 212. The molecule has 1 aliphatic carbocycles. The highest BCUT2D eigenvalue weighted by molar-refractivity contribution is 4.88. The van der Waals surface area contributed by atoms with Gasteiger partial charge in [0.2, 0.25) is 0 Å². The van der Waals surface area contributed by atoms with E-state index in [4.69, 9.17) is 5.73 Å². The van der Waals surface area contributed by atoms with Crippen molar-refractivity contribution >= 4 is 0 Å². The van der Waals surface area contributed by atoms with Crippen LogP contribution in [0.4, 0.5) is 0 Å². The highest BCUT2D eigenvalue weighted by Gasteiger charge is 2.33. The number of aliphatic hydroxyl groups is 1. The predicted octanol–water partition coefficient (Wildman–Crippen LogP) is 1.35. The summed E-state index contributed by atoms with van der Waals surface area (Å²) in [4.78, 5) is 2.42. The van der Waals surface area contributed by atoms with Crippen LogP contribution >= 0.6 is 0 Å². The predicted molar refractivity (Wildman–Crippen MR) is 66.3 cm³/mol. The zero-order chi connectivity index (χ0) is 11.4. The Labute approximate surface area is 99.0 Å². The van der Waals surface area contributed by atoms with Gasteiger partial charge in [-0.2, -0.15) is 0 Å². The standard InChI is InChI=1S/C13H26N2O/c14-10-13(6-3-1-2-4-7-13)11-15-8-5-12(16)9-15/h12,16H,1-11,14H2. The van der Waals surface area contributed by atoms with Crippen LogP contribution in [0.5, 0.6) is 0 Å². The van der Waals surface area contributed by atoms with Gasteiger partial charge in [0.1, 0.15) is 0 Å². The summed E-state index contributed by atoms with van der Waals surface area (Å²) in [6.07, 6.45) is 8.86. The molecule has 1 saturated carbocycles. The number of aliphatic hydroxyl groups excluding tert-OH is 1. The van der Waals surface area contributed by atoms with E-state index in [1.807, 2.05) is 0 Å². The minimum Gasteiger partial charge on any atom is -0.392 e. The van der Waals surface area contributed by atoms with Crippen molar-refractivity contribution in [2.24, 2.45) is 11.1 Å². The lowest BCUT2D eigenvalue weighted by Gasteiger charge is -2.35. The molecule has 2 rings (SSSR count). The molecule has 1 atom stereocenters. The minimum absolute atomic E-state index is 0.0967. The molecule has 2 aliphatic rings. The first-order chi connectivity index (χ1) is 7.74. The Morgan fingerprint density at radius 3 is 2.38 bits per heavy atom. The number of nitrogens with two attached hydrogens (primary N) is 1. The first-order valence-electron chi connectivity index (χ1n) is 6.85. The first-order valence-corrected chi connectivity index (χ1v) is 6.85. The normalized spacial score (nSPS) is 31.5. The topological polar surface area (TPSA) is 49.5 Å². The Morgan fingerprint density at radius 2 is 1.88 bits per heavy atom. The number of hydrogen-bond acceptors (Lipinski definition) is 3. The molecule has 3 heteroatoms. The van der Waals surface area contributed by atoms with E-state index in [9.17, 15) is 5.11 Å². The zero-order valence-electron chi connectivity index (χ0n) is 10.3. The van der Waals surface area contributed by atoms with Crippen molar-refractivity contribution in [3.05, 3.63) is 0 Å². The number of hydrogen-bond donors (Lipinski definition) is 2. The lowest BCUT2D eigenvalue weighted by molar-refractivity contribution is 0.131. The maximum Gasteiger partial charge on any atom is 0.0679 e. The van der Waals surface area contributed by atoms with Crippen molar-refractivity contribution in [2.75, 3.05) is 26.2 Å². The van der Waals surface area contributed by atoms with Gasteiger partial charge in [-0.15, -0.1) is 0 Å². The fraction of sp³-hybridized carbons (Fsp3) is 1.00. The molecule has 3 N–H and O–H groups in total. The highest BCUT2D eigenvalue weighted by Crippen LogP contribution is 2.35. The molecule has 1 unspecified atom stereocenters. The Kier molecular flexibility index (Phi) is 4.22. The van der Waals surface area contributed by atoms with Gasteiger partial charge in [-0.1, -0.05) is 25.7 Å². The van der Waals surface area contributed by atoms with Gasteiger partial charge in [-0.05, 0) is 31.2 Å². The summed E-state index contributed by atoms with van der Waals surface area (Å²) in [7, 11) is 0. The fourth-order valence-electron chi connectivity index (χ4n) is 3.34. The molecule has 2 fully saturated rings. The molecule has 0 radical (unpaired) electrons. The summed E-state index contributed by atoms with van der Waals surface area (Å²) >= 11 is 0. The van der Waals surface area contributed by atoms with Crippen LogP contribution in [0.25, 0.3) is 0 Å². The molecule has 0 bridgehead atoms. The van der Waals surface area contributed by atoms with E-state index < -0.39 is 0 Å². The SMILES string of the molecule is NCC1(CN2CCC(O)C2)CCCCCC1. The van der Waals surface area contributed by atoms with Crippen LogP contribution in [-0.4, -0.2) is 42.3 Å². The van der Waals surface area contributed by atoms with Crippen LogP contribution in [0.3, 0.4) is 0 Å². The van der Waals surface area contributed by atoms with Crippen molar-refractivity contribution in [1.82, 2.24) is 4.90 Å². The number of likely N-dealkylation sites (tertiary alicyclic amines) is 1. The van der Waals surface area contributed by atoms with Crippen molar-refractivity contribution < 1.29 is 5.11 Å². The number of nitrogens with zero attached hydrogens (tertiary/aromatic N) is 1. The number of β-amino-alcohol motifs (C(OH)–C–C–N with tert-alkyl or cyclic N) is 1. The average Bonchev–Trinajstić information content (AvgIpc) is 2.54.